The Morgan fingerprint density at radius 1 is 1.07 bits per heavy atom. The number of benzene rings is 1. The molecule has 0 saturated heterocycles. The third-order valence-electron chi connectivity index (χ3n) is 3.91. The molecule has 2 N–H and O–H groups in total. The highest BCUT2D eigenvalue weighted by Gasteiger charge is 2.10. The normalized spacial score (nSPS) is 11.4. The summed E-state index contributed by atoms with van der Waals surface area (Å²) in [5.74, 6) is 3.14. The van der Waals surface area contributed by atoms with Crippen molar-refractivity contribution < 1.29 is 8.83 Å². The number of nitrogens with zero attached hydrogens (tertiary/aromatic N) is 2. The Morgan fingerprint density at radius 2 is 1.96 bits per heavy atom. The lowest BCUT2D eigenvalue weighted by Crippen LogP contribution is -2.36. The van der Waals surface area contributed by atoms with Gasteiger partial charge < -0.3 is 19.5 Å². The number of thiazole rings is 1. The van der Waals surface area contributed by atoms with E-state index in [0.29, 0.717) is 19.0 Å². The van der Waals surface area contributed by atoms with Crippen LogP contribution in [0.3, 0.4) is 0 Å². The third-order valence-corrected chi connectivity index (χ3v) is 4.96. The molecule has 28 heavy (non-hydrogen) atoms. The molecule has 0 aliphatic heterocycles. The number of aromatic nitrogens is 1. The molecular formula is C20H21IN4O2S. The Bertz CT molecular complexity index is 1010. The van der Waals surface area contributed by atoms with Gasteiger partial charge in [0, 0.05) is 6.54 Å². The number of nitrogens with one attached hydrogen (secondary N) is 2. The fourth-order valence-electron chi connectivity index (χ4n) is 2.64. The summed E-state index contributed by atoms with van der Waals surface area (Å²) >= 11 is 1.63. The smallest absolute Gasteiger partial charge is 0.192 e. The molecule has 0 fully saturated rings. The quantitative estimate of drug-likeness (QED) is 0.217. The van der Waals surface area contributed by atoms with Crippen molar-refractivity contribution in [3.05, 3.63) is 66.3 Å². The Labute approximate surface area is 184 Å². The summed E-state index contributed by atoms with van der Waals surface area (Å²) in [6.07, 6.45) is 1.66. The van der Waals surface area contributed by atoms with E-state index < -0.39 is 0 Å². The molecule has 0 aliphatic rings. The van der Waals surface area contributed by atoms with Crippen molar-refractivity contribution in [2.75, 3.05) is 6.54 Å². The van der Waals surface area contributed by atoms with E-state index >= 15 is 0 Å². The summed E-state index contributed by atoms with van der Waals surface area (Å²) in [7, 11) is 0. The van der Waals surface area contributed by atoms with Crippen molar-refractivity contribution in [3.8, 4) is 10.8 Å². The molecule has 3 heterocycles. The Balaban J connectivity index is 0.00000225. The first-order chi connectivity index (χ1) is 13.3. The van der Waals surface area contributed by atoms with E-state index in [-0.39, 0.29) is 24.0 Å². The van der Waals surface area contributed by atoms with Gasteiger partial charge in [-0.15, -0.1) is 35.3 Å². The molecule has 6 nitrogen and oxygen atoms in total. The van der Waals surface area contributed by atoms with Crippen molar-refractivity contribution in [3.63, 3.8) is 0 Å². The SMILES string of the molecule is CCNC(=NCc1ccc(-c2nc3ccccc3s2)o1)NCc1ccco1.I. The lowest BCUT2D eigenvalue weighted by molar-refractivity contribution is 0.500. The summed E-state index contributed by atoms with van der Waals surface area (Å²) in [4.78, 5) is 9.21. The average molecular weight is 508 g/mol. The molecule has 1 aromatic carbocycles. The number of para-hydroxylation sites is 1. The molecule has 3 aromatic heterocycles. The fourth-order valence-corrected chi connectivity index (χ4v) is 3.57. The number of hydrogen-bond donors (Lipinski definition) is 2. The highest BCUT2D eigenvalue weighted by atomic mass is 127. The minimum absolute atomic E-state index is 0. The minimum Gasteiger partial charge on any atom is -0.467 e. The van der Waals surface area contributed by atoms with Gasteiger partial charge in [-0.3, -0.25) is 0 Å². The van der Waals surface area contributed by atoms with Crippen LogP contribution >= 0.6 is 35.3 Å². The van der Waals surface area contributed by atoms with E-state index in [0.717, 1.165) is 39.0 Å². The van der Waals surface area contributed by atoms with Crippen LogP contribution in [0.4, 0.5) is 0 Å². The van der Waals surface area contributed by atoms with E-state index in [1.807, 2.05) is 49.4 Å². The zero-order valence-corrected chi connectivity index (χ0v) is 18.5. The predicted molar refractivity (Wildman–Crippen MR) is 123 cm³/mol. The maximum atomic E-state index is 5.94. The van der Waals surface area contributed by atoms with Crippen LogP contribution in [0.25, 0.3) is 21.0 Å². The van der Waals surface area contributed by atoms with Crippen LogP contribution in [0.15, 0.2) is 68.6 Å². The van der Waals surface area contributed by atoms with Gasteiger partial charge in [-0.2, -0.15) is 0 Å². The summed E-state index contributed by atoms with van der Waals surface area (Å²) in [5, 5.41) is 7.34. The monoisotopic (exact) mass is 508 g/mol. The van der Waals surface area contributed by atoms with Crippen molar-refractivity contribution >= 4 is 51.5 Å². The number of hydrogen-bond acceptors (Lipinski definition) is 5. The zero-order valence-electron chi connectivity index (χ0n) is 15.3. The lowest BCUT2D eigenvalue weighted by Gasteiger charge is -2.09. The molecule has 4 rings (SSSR count). The van der Waals surface area contributed by atoms with Crippen LogP contribution in [0.2, 0.25) is 0 Å². The number of halogens is 1. The van der Waals surface area contributed by atoms with E-state index in [1.54, 1.807) is 17.6 Å². The van der Waals surface area contributed by atoms with Gasteiger partial charge in [0.1, 0.15) is 18.1 Å². The highest BCUT2D eigenvalue weighted by molar-refractivity contribution is 14.0. The summed E-state index contributed by atoms with van der Waals surface area (Å²) in [5.41, 5.74) is 0.991. The first-order valence-electron chi connectivity index (χ1n) is 8.81. The van der Waals surface area contributed by atoms with Crippen LogP contribution in [-0.4, -0.2) is 17.5 Å². The number of guanidine groups is 1. The Morgan fingerprint density at radius 3 is 2.75 bits per heavy atom. The molecule has 8 heteroatoms. The maximum absolute atomic E-state index is 5.94. The molecule has 0 amide bonds. The third kappa shape index (κ3) is 4.93. The van der Waals surface area contributed by atoms with Crippen molar-refractivity contribution in [1.29, 1.82) is 0 Å². The Kier molecular flexibility index (Phi) is 7.10. The lowest BCUT2D eigenvalue weighted by atomic mass is 10.3. The van der Waals surface area contributed by atoms with Crippen LogP contribution in [0.1, 0.15) is 18.4 Å². The van der Waals surface area contributed by atoms with Gasteiger partial charge in [-0.05, 0) is 43.3 Å². The molecule has 0 aliphatic carbocycles. The standard InChI is InChI=1S/C20H20N4O2S.HI/c1-2-21-20(22-12-14-6-5-11-25-14)23-13-15-9-10-17(26-15)19-24-16-7-3-4-8-18(16)27-19;/h3-11H,2,12-13H2,1H3,(H2,21,22,23);1H. The fraction of sp³-hybridized carbons (Fsp3) is 0.200. The summed E-state index contributed by atoms with van der Waals surface area (Å²) in [6, 6.07) is 15.8. The van der Waals surface area contributed by atoms with E-state index in [4.69, 9.17) is 8.83 Å². The molecule has 0 radical (unpaired) electrons. The topological polar surface area (TPSA) is 75.6 Å². The van der Waals surface area contributed by atoms with Crippen LogP contribution in [0, 0.1) is 0 Å². The molecule has 0 spiro atoms. The average Bonchev–Trinajstić information content (AvgIpc) is 3.44. The second-order valence-electron chi connectivity index (χ2n) is 5.88. The van der Waals surface area contributed by atoms with Gasteiger partial charge in [0.2, 0.25) is 0 Å². The molecule has 146 valence electrons. The molecule has 4 aromatic rings. The first-order valence-corrected chi connectivity index (χ1v) is 9.62. The van der Waals surface area contributed by atoms with Crippen LogP contribution < -0.4 is 10.6 Å². The van der Waals surface area contributed by atoms with Crippen molar-refractivity contribution in [1.82, 2.24) is 15.6 Å². The number of rotatable bonds is 6. The molecule has 0 atom stereocenters. The van der Waals surface area contributed by atoms with Gasteiger partial charge >= 0.3 is 0 Å². The van der Waals surface area contributed by atoms with Crippen LogP contribution in [-0.2, 0) is 13.1 Å². The van der Waals surface area contributed by atoms with Gasteiger partial charge in [0.05, 0.1) is 23.0 Å². The van der Waals surface area contributed by atoms with Gasteiger partial charge in [0.25, 0.3) is 0 Å². The van der Waals surface area contributed by atoms with Gasteiger partial charge in [-0.1, -0.05) is 12.1 Å². The first kappa shape index (κ1) is 20.4. The number of aliphatic imine (C=N–C) groups is 1. The molecular weight excluding hydrogens is 487 g/mol. The summed E-state index contributed by atoms with van der Waals surface area (Å²) < 4.78 is 12.4. The van der Waals surface area contributed by atoms with E-state index in [1.165, 1.54) is 0 Å². The molecule has 0 saturated carbocycles. The van der Waals surface area contributed by atoms with E-state index in [9.17, 15) is 0 Å². The highest BCUT2D eigenvalue weighted by Crippen LogP contribution is 2.31. The summed E-state index contributed by atoms with van der Waals surface area (Å²) in [6.45, 7) is 3.83. The van der Waals surface area contributed by atoms with Crippen molar-refractivity contribution in [2.45, 2.75) is 20.0 Å². The predicted octanol–water partition coefficient (Wildman–Crippen LogP) is 5.02. The molecule has 0 bridgehead atoms. The van der Waals surface area contributed by atoms with Gasteiger partial charge in [-0.25, -0.2) is 9.98 Å². The maximum Gasteiger partial charge on any atom is 0.192 e. The second kappa shape index (κ2) is 9.74. The van der Waals surface area contributed by atoms with Crippen molar-refractivity contribution in [2.24, 2.45) is 4.99 Å². The minimum atomic E-state index is 0. The molecule has 0 unspecified atom stereocenters. The second-order valence-corrected chi connectivity index (χ2v) is 6.91. The van der Waals surface area contributed by atoms with Crippen LogP contribution in [0.5, 0.6) is 0 Å². The van der Waals surface area contributed by atoms with E-state index in [2.05, 4.69) is 26.7 Å². The number of fused-ring (bicyclic) bond motifs is 1. The van der Waals surface area contributed by atoms with Gasteiger partial charge in [0.15, 0.2) is 16.7 Å². The number of furan rings is 2. The Hall–Kier alpha value is -2.33. The largest absolute Gasteiger partial charge is 0.467 e. The zero-order chi connectivity index (χ0) is 18.5.